The lowest BCUT2D eigenvalue weighted by atomic mass is 9.97. The van der Waals surface area contributed by atoms with Gasteiger partial charge >= 0.3 is 6.09 Å². The Morgan fingerprint density at radius 2 is 1.90 bits per heavy atom. The number of benzene rings is 1. The zero-order chi connectivity index (χ0) is 22.8. The van der Waals surface area contributed by atoms with Crippen molar-refractivity contribution in [3.63, 3.8) is 0 Å². The van der Waals surface area contributed by atoms with E-state index in [1.54, 1.807) is 6.92 Å². The highest BCUT2D eigenvalue weighted by atomic mass is 16.6. The summed E-state index contributed by atoms with van der Waals surface area (Å²) in [5.74, 6) is -0.511. The molecule has 0 saturated carbocycles. The molecule has 1 heterocycles. The number of alkyl carbamates (subject to hydrolysis) is 1. The van der Waals surface area contributed by atoms with Gasteiger partial charge in [-0.3, -0.25) is 9.59 Å². The quantitative estimate of drug-likeness (QED) is 0.424. The summed E-state index contributed by atoms with van der Waals surface area (Å²) in [6, 6.07) is 8.37. The van der Waals surface area contributed by atoms with Crippen LogP contribution in [0.25, 0.3) is 0 Å². The van der Waals surface area contributed by atoms with Gasteiger partial charge in [0.05, 0.1) is 12.6 Å². The maximum absolute atomic E-state index is 12.8. The minimum absolute atomic E-state index is 0.0551. The molecule has 8 nitrogen and oxygen atoms in total. The third-order valence-electron chi connectivity index (χ3n) is 5.29. The first-order chi connectivity index (χ1) is 14.8. The number of nitrogens with one attached hydrogen (secondary N) is 3. The summed E-state index contributed by atoms with van der Waals surface area (Å²) in [5, 5.41) is 17.9. The molecule has 1 aliphatic rings. The Morgan fingerprint density at radius 3 is 2.48 bits per heavy atom. The van der Waals surface area contributed by atoms with E-state index in [-0.39, 0.29) is 36.4 Å². The van der Waals surface area contributed by atoms with E-state index in [2.05, 4.69) is 16.0 Å². The van der Waals surface area contributed by atoms with E-state index in [0.717, 1.165) is 5.56 Å². The fraction of sp³-hybridized carbons (Fsp3) is 0.609. The van der Waals surface area contributed by atoms with Crippen molar-refractivity contribution in [1.82, 2.24) is 16.0 Å². The Kier molecular flexibility index (Phi) is 9.78. The van der Waals surface area contributed by atoms with Crippen molar-refractivity contribution in [2.24, 2.45) is 11.8 Å². The Balaban J connectivity index is 1.90. The van der Waals surface area contributed by atoms with Crippen LogP contribution < -0.4 is 16.0 Å². The molecular formula is C23H35N3O5. The van der Waals surface area contributed by atoms with Crippen LogP contribution in [0.5, 0.6) is 0 Å². The van der Waals surface area contributed by atoms with E-state index in [0.29, 0.717) is 32.2 Å². The van der Waals surface area contributed by atoms with E-state index in [9.17, 15) is 19.5 Å². The number of carbonyl (C=O) groups excluding carboxylic acids is 3. The van der Waals surface area contributed by atoms with Crippen LogP contribution >= 0.6 is 0 Å². The van der Waals surface area contributed by atoms with Gasteiger partial charge in [0.25, 0.3) is 0 Å². The van der Waals surface area contributed by atoms with Crippen molar-refractivity contribution in [3.05, 3.63) is 35.9 Å². The normalized spacial score (nSPS) is 18.7. The smallest absolute Gasteiger partial charge is 0.408 e. The van der Waals surface area contributed by atoms with Crippen LogP contribution in [0.4, 0.5) is 4.79 Å². The number of carbonyl (C=O) groups is 3. The summed E-state index contributed by atoms with van der Waals surface area (Å²) in [4.78, 5) is 37.0. The molecule has 2 rings (SSSR count). The number of amides is 3. The van der Waals surface area contributed by atoms with E-state index in [1.807, 2.05) is 44.2 Å². The van der Waals surface area contributed by atoms with Crippen LogP contribution in [0.2, 0.25) is 0 Å². The van der Waals surface area contributed by atoms with Gasteiger partial charge in [0, 0.05) is 18.9 Å². The number of aliphatic hydroxyl groups excluding tert-OH is 1. The number of hydrogen-bond donors (Lipinski definition) is 4. The van der Waals surface area contributed by atoms with Gasteiger partial charge in [0.15, 0.2) is 0 Å². The van der Waals surface area contributed by atoms with Crippen LogP contribution in [-0.4, -0.2) is 54.4 Å². The molecule has 3 amide bonds. The molecule has 1 saturated heterocycles. The Labute approximate surface area is 184 Å². The maximum atomic E-state index is 12.8. The Hall–Kier alpha value is -2.61. The second-order valence-electron chi connectivity index (χ2n) is 8.63. The van der Waals surface area contributed by atoms with Gasteiger partial charge < -0.3 is 25.8 Å². The molecular weight excluding hydrogens is 398 g/mol. The molecule has 4 N–H and O–H groups in total. The minimum atomic E-state index is -0.789. The first-order valence-electron chi connectivity index (χ1n) is 11.0. The lowest BCUT2D eigenvalue weighted by Crippen LogP contribution is -2.52. The molecule has 31 heavy (non-hydrogen) atoms. The van der Waals surface area contributed by atoms with Crippen molar-refractivity contribution >= 4 is 17.9 Å². The SMILES string of the molecule is CC(C)CC(NC(=O)OC(C)Cc1ccccc1)C(=O)NC(CO)C[C@@H]1CCNC1=O. The molecule has 4 atom stereocenters. The molecule has 1 aromatic rings. The molecule has 0 radical (unpaired) electrons. The molecule has 1 aliphatic heterocycles. The van der Waals surface area contributed by atoms with Crippen LogP contribution in [0.1, 0.15) is 45.6 Å². The van der Waals surface area contributed by atoms with E-state index >= 15 is 0 Å². The third-order valence-corrected chi connectivity index (χ3v) is 5.29. The molecule has 0 aliphatic carbocycles. The highest BCUT2D eigenvalue weighted by Crippen LogP contribution is 2.16. The second kappa shape index (κ2) is 12.3. The summed E-state index contributed by atoms with van der Waals surface area (Å²) in [6.07, 6.45) is 1.05. The second-order valence-corrected chi connectivity index (χ2v) is 8.63. The lowest BCUT2D eigenvalue weighted by Gasteiger charge is -2.25. The molecule has 0 aromatic heterocycles. The summed E-state index contributed by atoms with van der Waals surface area (Å²) in [5.41, 5.74) is 1.06. The van der Waals surface area contributed by atoms with Crippen LogP contribution in [0.15, 0.2) is 30.3 Å². The van der Waals surface area contributed by atoms with Crippen molar-refractivity contribution in [3.8, 4) is 0 Å². The monoisotopic (exact) mass is 433 g/mol. The maximum Gasteiger partial charge on any atom is 0.408 e. The average Bonchev–Trinajstić information content (AvgIpc) is 3.11. The van der Waals surface area contributed by atoms with Gasteiger partial charge in [0.2, 0.25) is 11.8 Å². The van der Waals surface area contributed by atoms with Crippen LogP contribution in [0.3, 0.4) is 0 Å². The van der Waals surface area contributed by atoms with Crippen molar-refractivity contribution in [1.29, 1.82) is 0 Å². The fourth-order valence-corrected chi connectivity index (χ4v) is 3.74. The van der Waals surface area contributed by atoms with Gasteiger partial charge in [-0.1, -0.05) is 44.2 Å². The number of rotatable bonds is 11. The predicted molar refractivity (Wildman–Crippen MR) is 117 cm³/mol. The van der Waals surface area contributed by atoms with E-state index in [4.69, 9.17) is 4.74 Å². The zero-order valence-corrected chi connectivity index (χ0v) is 18.6. The molecule has 172 valence electrons. The lowest BCUT2D eigenvalue weighted by molar-refractivity contribution is -0.126. The molecule has 0 spiro atoms. The van der Waals surface area contributed by atoms with Crippen LogP contribution in [-0.2, 0) is 20.7 Å². The van der Waals surface area contributed by atoms with Crippen molar-refractivity contribution < 1.29 is 24.2 Å². The predicted octanol–water partition coefficient (Wildman–Crippen LogP) is 1.76. The van der Waals surface area contributed by atoms with Crippen molar-refractivity contribution in [2.75, 3.05) is 13.2 Å². The summed E-state index contributed by atoms with van der Waals surface area (Å²) in [7, 11) is 0. The molecule has 8 heteroatoms. The summed E-state index contributed by atoms with van der Waals surface area (Å²) in [6.45, 7) is 6.05. The molecule has 3 unspecified atom stereocenters. The minimum Gasteiger partial charge on any atom is -0.446 e. The number of aliphatic hydroxyl groups is 1. The van der Waals surface area contributed by atoms with Gasteiger partial charge in [-0.25, -0.2) is 4.79 Å². The first-order valence-corrected chi connectivity index (χ1v) is 11.0. The number of ether oxygens (including phenoxy) is 1. The average molecular weight is 434 g/mol. The number of hydrogen-bond acceptors (Lipinski definition) is 5. The van der Waals surface area contributed by atoms with Gasteiger partial charge in [0.1, 0.15) is 12.1 Å². The first kappa shape index (κ1) is 24.7. The fourth-order valence-electron chi connectivity index (χ4n) is 3.74. The van der Waals surface area contributed by atoms with Gasteiger partial charge in [-0.2, -0.15) is 0 Å². The summed E-state index contributed by atoms with van der Waals surface area (Å²) >= 11 is 0. The van der Waals surface area contributed by atoms with Gasteiger partial charge in [-0.15, -0.1) is 0 Å². The third kappa shape index (κ3) is 8.57. The molecule has 0 bridgehead atoms. The zero-order valence-electron chi connectivity index (χ0n) is 18.6. The van der Waals surface area contributed by atoms with Crippen LogP contribution in [0, 0.1) is 11.8 Å². The highest BCUT2D eigenvalue weighted by molar-refractivity contribution is 5.86. The van der Waals surface area contributed by atoms with Crippen molar-refractivity contribution in [2.45, 2.75) is 64.6 Å². The van der Waals surface area contributed by atoms with Gasteiger partial charge in [-0.05, 0) is 37.7 Å². The highest BCUT2D eigenvalue weighted by Gasteiger charge is 2.30. The van der Waals surface area contributed by atoms with E-state index < -0.39 is 18.2 Å². The largest absolute Gasteiger partial charge is 0.446 e. The molecule has 1 fully saturated rings. The standard InChI is InChI=1S/C23H35N3O5/c1-15(2)11-20(22(29)25-19(14-27)13-18-9-10-24-21(18)28)26-23(30)31-16(3)12-17-7-5-4-6-8-17/h4-8,15-16,18-20,27H,9-14H2,1-3H3,(H,24,28)(H,25,29)(H,26,30)/t16?,18-,19?,20?/m0/s1. The summed E-state index contributed by atoms with van der Waals surface area (Å²) < 4.78 is 5.44. The Morgan fingerprint density at radius 1 is 1.19 bits per heavy atom. The topological polar surface area (TPSA) is 117 Å². The van der Waals surface area contributed by atoms with E-state index in [1.165, 1.54) is 0 Å². The Bertz CT molecular complexity index is 725. The molecule has 1 aromatic carbocycles.